The third kappa shape index (κ3) is 4.79. The highest BCUT2D eigenvalue weighted by Crippen LogP contribution is 2.41. The number of nitrogens with zero attached hydrogens (tertiary/aromatic N) is 7. The maximum absolute atomic E-state index is 13.0. The molecule has 198 valence electrons. The summed E-state index contributed by atoms with van der Waals surface area (Å²) in [6.45, 7) is 0. The van der Waals surface area contributed by atoms with Crippen LogP contribution in [-0.4, -0.2) is 94.6 Å². The average Bonchev–Trinajstić information content (AvgIpc) is 3.53. The van der Waals surface area contributed by atoms with Crippen molar-refractivity contribution < 1.29 is 24.3 Å². The quantitative estimate of drug-likeness (QED) is 0.137. The van der Waals surface area contributed by atoms with E-state index >= 15 is 0 Å². The predicted molar refractivity (Wildman–Crippen MR) is 143 cm³/mol. The highest BCUT2D eigenvalue weighted by molar-refractivity contribution is 8.01. The SMILES string of the molecule is CO/N=C(\C(=O)N[C@@H]1C(=O)N2C(C(=O)O)=C(CSc3nnc4ccc(SC)nn34)CS[C@H]12)c1csc(N)n1. The smallest absolute Gasteiger partial charge is 0.352 e. The van der Waals surface area contributed by atoms with Crippen LogP contribution in [0.2, 0.25) is 0 Å². The minimum Gasteiger partial charge on any atom is -0.477 e. The molecule has 1 fully saturated rings. The van der Waals surface area contributed by atoms with Gasteiger partial charge in [0.25, 0.3) is 11.8 Å². The van der Waals surface area contributed by atoms with E-state index in [1.54, 1.807) is 16.0 Å². The molecular weight excluding hydrogens is 575 g/mol. The number of aromatic nitrogens is 5. The first kappa shape index (κ1) is 26.3. The molecule has 38 heavy (non-hydrogen) atoms. The fourth-order valence-corrected chi connectivity index (χ4v) is 7.09. The van der Waals surface area contributed by atoms with E-state index < -0.39 is 29.2 Å². The van der Waals surface area contributed by atoms with Crippen molar-refractivity contribution in [1.82, 2.24) is 35.0 Å². The van der Waals surface area contributed by atoms with Gasteiger partial charge in [-0.3, -0.25) is 14.5 Å². The van der Waals surface area contributed by atoms with Gasteiger partial charge >= 0.3 is 5.97 Å². The molecule has 2 amide bonds. The van der Waals surface area contributed by atoms with Crippen LogP contribution in [0.25, 0.3) is 5.65 Å². The van der Waals surface area contributed by atoms with Gasteiger partial charge in [-0.2, -0.15) is 9.61 Å². The monoisotopic (exact) mass is 593 g/mol. The molecule has 18 heteroatoms. The second kappa shape index (κ2) is 10.8. The van der Waals surface area contributed by atoms with Crippen molar-refractivity contribution in [1.29, 1.82) is 0 Å². The maximum Gasteiger partial charge on any atom is 0.352 e. The molecule has 4 N–H and O–H groups in total. The number of nitrogen functional groups attached to an aromatic ring is 1. The van der Waals surface area contributed by atoms with Crippen LogP contribution in [0.4, 0.5) is 5.13 Å². The van der Waals surface area contributed by atoms with Crippen molar-refractivity contribution in [2.45, 2.75) is 21.6 Å². The number of rotatable bonds is 9. The van der Waals surface area contributed by atoms with Crippen LogP contribution in [0, 0.1) is 0 Å². The molecule has 14 nitrogen and oxygen atoms in total. The number of thioether (sulfide) groups is 3. The Hall–Kier alpha value is -3.35. The van der Waals surface area contributed by atoms with Gasteiger partial charge in [-0.05, 0) is 24.0 Å². The van der Waals surface area contributed by atoms with Crippen LogP contribution in [0.15, 0.2) is 44.1 Å². The number of aliphatic carboxylic acids is 1. The number of oxime groups is 1. The summed E-state index contributed by atoms with van der Waals surface area (Å²) in [5.74, 6) is -1.84. The van der Waals surface area contributed by atoms with E-state index in [2.05, 4.69) is 30.8 Å². The molecule has 1 saturated heterocycles. The predicted octanol–water partition coefficient (Wildman–Crippen LogP) is 0.766. The lowest BCUT2D eigenvalue weighted by Gasteiger charge is -2.49. The number of hydrogen-bond donors (Lipinski definition) is 3. The van der Waals surface area contributed by atoms with Gasteiger partial charge in [-0.15, -0.1) is 45.1 Å². The summed E-state index contributed by atoms with van der Waals surface area (Å²) >= 11 is 5.24. The number of nitrogens with one attached hydrogen (secondary N) is 1. The number of anilines is 1. The van der Waals surface area contributed by atoms with Crippen LogP contribution in [0.1, 0.15) is 5.69 Å². The van der Waals surface area contributed by atoms with Gasteiger partial charge in [0.15, 0.2) is 16.5 Å². The Morgan fingerprint density at radius 2 is 2.18 bits per heavy atom. The van der Waals surface area contributed by atoms with E-state index in [0.29, 0.717) is 22.1 Å². The van der Waals surface area contributed by atoms with Crippen molar-refractivity contribution in [3.05, 3.63) is 34.5 Å². The summed E-state index contributed by atoms with van der Waals surface area (Å²) in [5.41, 5.74) is 6.75. The second-order valence-corrected chi connectivity index (χ2v) is 11.5. The summed E-state index contributed by atoms with van der Waals surface area (Å²) in [5, 5.41) is 31.5. The van der Waals surface area contributed by atoms with Crippen molar-refractivity contribution in [2.75, 3.05) is 30.6 Å². The number of carboxylic acid groups (broad SMARTS) is 1. The van der Waals surface area contributed by atoms with Gasteiger partial charge in [0.2, 0.25) is 5.16 Å². The van der Waals surface area contributed by atoms with Crippen LogP contribution in [-0.2, 0) is 19.2 Å². The zero-order valence-corrected chi connectivity index (χ0v) is 23.0. The van der Waals surface area contributed by atoms with E-state index in [1.807, 2.05) is 12.3 Å². The molecule has 0 radical (unpaired) electrons. The summed E-state index contributed by atoms with van der Waals surface area (Å²) in [7, 11) is 1.28. The highest BCUT2D eigenvalue weighted by atomic mass is 32.2. The number of carbonyl (C=O) groups excluding carboxylic acids is 2. The number of carbonyl (C=O) groups is 3. The molecule has 2 aliphatic rings. The number of fused-ring (bicyclic) bond motifs is 2. The maximum atomic E-state index is 13.0. The summed E-state index contributed by atoms with van der Waals surface area (Å²) in [6, 6.07) is 2.70. The highest BCUT2D eigenvalue weighted by Gasteiger charge is 2.54. The van der Waals surface area contributed by atoms with Crippen LogP contribution in [0.5, 0.6) is 0 Å². The lowest BCUT2D eigenvalue weighted by Crippen LogP contribution is -2.71. The van der Waals surface area contributed by atoms with Crippen molar-refractivity contribution in [3.63, 3.8) is 0 Å². The van der Waals surface area contributed by atoms with Crippen molar-refractivity contribution in [3.8, 4) is 0 Å². The van der Waals surface area contributed by atoms with Gasteiger partial charge in [-0.1, -0.05) is 16.9 Å². The number of amides is 2. The molecule has 2 atom stereocenters. The zero-order valence-electron chi connectivity index (χ0n) is 19.7. The molecule has 3 aromatic heterocycles. The number of nitrogens with two attached hydrogens (primary N) is 1. The molecule has 2 aliphatic heterocycles. The molecule has 0 bridgehead atoms. The standard InChI is InChI=1S/C20H19N9O5S4/c1-34-27-12(9-7-37-19(21)22-9)15(30)23-13-16(31)28-14(18(32)33)8(5-36-17(13)28)6-38-20-25-24-10-3-4-11(35-2)26-29(10)20/h3-4,7,13,17H,5-6H2,1-2H3,(H2,21,22)(H,23,30)(H,32,33)/b27-12-/t13-,17-/m1/s1. The largest absolute Gasteiger partial charge is 0.477 e. The van der Waals surface area contributed by atoms with Crippen molar-refractivity contribution in [2.24, 2.45) is 5.16 Å². The fourth-order valence-electron chi connectivity index (χ4n) is 3.80. The van der Waals surface area contributed by atoms with Gasteiger partial charge in [0, 0.05) is 16.9 Å². The Bertz CT molecular complexity index is 1500. The van der Waals surface area contributed by atoms with Crippen LogP contribution in [0.3, 0.4) is 0 Å². The first-order valence-electron chi connectivity index (χ1n) is 10.7. The van der Waals surface area contributed by atoms with Crippen molar-refractivity contribution >= 4 is 80.9 Å². The van der Waals surface area contributed by atoms with Crippen LogP contribution >= 0.6 is 46.6 Å². The summed E-state index contributed by atoms with van der Waals surface area (Å²) in [6.07, 6.45) is 1.91. The van der Waals surface area contributed by atoms with E-state index in [0.717, 1.165) is 16.4 Å². The van der Waals surface area contributed by atoms with E-state index in [1.165, 1.54) is 47.3 Å². The molecular formula is C20H19N9O5S4. The molecule has 0 spiro atoms. The summed E-state index contributed by atoms with van der Waals surface area (Å²) in [4.78, 5) is 48.2. The van der Waals surface area contributed by atoms with E-state index in [4.69, 9.17) is 10.6 Å². The average molecular weight is 594 g/mol. The van der Waals surface area contributed by atoms with Gasteiger partial charge in [-0.25, -0.2) is 9.78 Å². The first-order chi connectivity index (χ1) is 18.3. The number of hydrogen-bond acceptors (Lipinski definition) is 14. The molecule has 5 rings (SSSR count). The Kier molecular flexibility index (Phi) is 7.46. The molecule has 3 aromatic rings. The van der Waals surface area contributed by atoms with E-state index in [9.17, 15) is 19.5 Å². The number of carboxylic acids is 1. The minimum absolute atomic E-state index is 0.0959. The first-order valence-corrected chi connectivity index (χ1v) is 14.9. The fraction of sp³-hybridized carbons (Fsp3) is 0.300. The van der Waals surface area contributed by atoms with Gasteiger partial charge in [0.1, 0.15) is 34.9 Å². The number of thiazole rings is 1. The van der Waals surface area contributed by atoms with Crippen LogP contribution < -0.4 is 11.1 Å². The third-order valence-electron chi connectivity index (χ3n) is 5.49. The van der Waals surface area contributed by atoms with E-state index in [-0.39, 0.29) is 28.0 Å². The number of β-lactam (4-membered cyclic amide) rings is 1. The lowest BCUT2D eigenvalue weighted by atomic mass is 10.0. The lowest BCUT2D eigenvalue weighted by molar-refractivity contribution is -0.150. The Morgan fingerprint density at radius 1 is 1.37 bits per heavy atom. The molecule has 0 unspecified atom stereocenters. The third-order valence-corrected chi connectivity index (χ3v) is 9.15. The molecule has 0 aliphatic carbocycles. The Labute approximate surface area is 231 Å². The topological polar surface area (TPSA) is 190 Å². The normalized spacial score (nSPS) is 19.4. The summed E-state index contributed by atoms with van der Waals surface area (Å²) < 4.78 is 1.60. The Morgan fingerprint density at radius 3 is 2.87 bits per heavy atom. The van der Waals surface area contributed by atoms with Gasteiger partial charge < -0.3 is 21.0 Å². The van der Waals surface area contributed by atoms with Gasteiger partial charge in [0.05, 0.1) is 0 Å². The zero-order chi connectivity index (χ0) is 27.0. The second-order valence-electron chi connectivity index (χ2n) is 7.73. The minimum atomic E-state index is -1.22. The molecule has 5 heterocycles. The molecule has 0 aromatic carbocycles. The Balaban J connectivity index is 1.32. The molecule has 0 saturated carbocycles.